The van der Waals surface area contributed by atoms with Gasteiger partial charge in [-0.25, -0.2) is 4.68 Å². The highest BCUT2D eigenvalue weighted by Gasteiger charge is 2.17. The molecule has 0 saturated carbocycles. The summed E-state index contributed by atoms with van der Waals surface area (Å²) in [6.07, 6.45) is 6.84. The number of aryl methyl sites for hydroxylation is 1. The van der Waals surface area contributed by atoms with Crippen molar-refractivity contribution < 1.29 is 0 Å². The van der Waals surface area contributed by atoms with E-state index in [0.717, 1.165) is 53.5 Å². The van der Waals surface area contributed by atoms with Gasteiger partial charge in [0.15, 0.2) is 5.82 Å². The third-order valence-electron chi connectivity index (χ3n) is 4.74. The van der Waals surface area contributed by atoms with E-state index in [-0.39, 0.29) is 6.04 Å². The Kier molecular flexibility index (Phi) is 4.90. The zero-order valence-electron chi connectivity index (χ0n) is 15.1. The second kappa shape index (κ2) is 7.11. The number of anilines is 3. The molecule has 1 aromatic heterocycles. The van der Waals surface area contributed by atoms with Crippen LogP contribution in [0.5, 0.6) is 0 Å². The minimum Gasteiger partial charge on any atom is -0.388 e. The molecule has 132 valence electrons. The molecule has 2 aromatic rings. The van der Waals surface area contributed by atoms with Crippen LogP contribution in [0.3, 0.4) is 0 Å². The highest BCUT2D eigenvalue weighted by molar-refractivity contribution is 5.76. The summed E-state index contributed by atoms with van der Waals surface area (Å²) in [6.45, 7) is 5.99. The van der Waals surface area contributed by atoms with E-state index in [4.69, 9.17) is 5.73 Å². The number of aromatic nitrogens is 3. The van der Waals surface area contributed by atoms with Gasteiger partial charge in [0.05, 0.1) is 0 Å². The highest BCUT2D eigenvalue weighted by Crippen LogP contribution is 2.30. The fourth-order valence-electron chi connectivity index (χ4n) is 3.15. The number of rotatable bonds is 5. The zero-order valence-corrected chi connectivity index (χ0v) is 15.1. The molecule has 1 aliphatic rings. The summed E-state index contributed by atoms with van der Waals surface area (Å²) >= 11 is 0. The molecule has 1 heterocycles. The van der Waals surface area contributed by atoms with E-state index in [9.17, 15) is 0 Å². The summed E-state index contributed by atoms with van der Waals surface area (Å²) in [6, 6.07) is 4.34. The number of nitrogens with zero attached hydrogens (tertiary/aromatic N) is 3. The van der Waals surface area contributed by atoms with Gasteiger partial charge in [0.1, 0.15) is 0 Å². The molecular formula is C19H26N6. The zero-order chi connectivity index (χ0) is 18.0. The predicted octanol–water partition coefficient (Wildman–Crippen LogP) is 3.45. The van der Waals surface area contributed by atoms with Gasteiger partial charge in [0, 0.05) is 37.1 Å². The van der Waals surface area contributed by atoms with Crippen LogP contribution < -0.4 is 16.4 Å². The molecule has 6 heteroatoms. The molecule has 1 atom stereocenters. The molecule has 4 N–H and O–H groups in total. The molecule has 25 heavy (non-hydrogen) atoms. The summed E-state index contributed by atoms with van der Waals surface area (Å²) < 4.78 is 1.78. The van der Waals surface area contributed by atoms with E-state index < -0.39 is 0 Å². The van der Waals surface area contributed by atoms with E-state index in [1.54, 1.807) is 4.68 Å². The van der Waals surface area contributed by atoms with Crippen molar-refractivity contribution in [3.63, 3.8) is 0 Å². The molecule has 3 rings (SSSR count). The standard InChI is InChI=1S/C19H26N6/c1-5-15-12(2)16(10-11-17(15)21-3)22-19-23-18(24-25(19)4)13-6-8-14(20)9-7-13/h5-6,10-11,14,21H,1,7-9,20H2,2-4H3,(H,22,23,24). The molecule has 1 aliphatic carbocycles. The van der Waals surface area contributed by atoms with Crippen LogP contribution in [0.1, 0.15) is 36.2 Å². The molecular weight excluding hydrogens is 312 g/mol. The van der Waals surface area contributed by atoms with E-state index in [2.05, 4.69) is 40.3 Å². The fraction of sp³-hybridized carbons (Fsp3) is 0.368. The highest BCUT2D eigenvalue weighted by atomic mass is 15.4. The first-order chi connectivity index (χ1) is 12.0. The number of nitrogens with one attached hydrogen (secondary N) is 2. The van der Waals surface area contributed by atoms with Gasteiger partial charge < -0.3 is 16.4 Å². The third kappa shape index (κ3) is 3.44. The van der Waals surface area contributed by atoms with E-state index in [0.29, 0.717) is 0 Å². The molecule has 6 nitrogen and oxygen atoms in total. The van der Waals surface area contributed by atoms with Gasteiger partial charge in [0.2, 0.25) is 5.95 Å². The molecule has 0 bridgehead atoms. The Hall–Kier alpha value is -2.60. The Morgan fingerprint density at radius 3 is 2.76 bits per heavy atom. The van der Waals surface area contributed by atoms with Crippen LogP contribution in [0, 0.1) is 6.92 Å². The van der Waals surface area contributed by atoms with Crippen molar-refractivity contribution in [2.24, 2.45) is 12.8 Å². The van der Waals surface area contributed by atoms with Crippen LogP contribution in [0.25, 0.3) is 11.6 Å². The lowest BCUT2D eigenvalue weighted by Crippen LogP contribution is -2.21. The second-order valence-corrected chi connectivity index (χ2v) is 6.42. The molecule has 0 saturated heterocycles. The van der Waals surface area contributed by atoms with Gasteiger partial charge >= 0.3 is 0 Å². The van der Waals surface area contributed by atoms with Crippen molar-refractivity contribution >= 4 is 29.0 Å². The lowest BCUT2D eigenvalue weighted by atomic mass is 9.95. The Balaban J connectivity index is 1.88. The van der Waals surface area contributed by atoms with Gasteiger partial charge in [-0.3, -0.25) is 0 Å². The summed E-state index contributed by atoms with van der Waals surface area (Å²) in [7, 11) is 3.81. The largest absolute Gasteiger partial charge is 0.388 e. The fourth-order valence-corrected chi connectivity index (χ4v) is 3.15. The molecule has 0 spiro atoms. The quantitative estimate of drug-likeness (QED) is 0.778. The lowest BCUT2D eigenvalue weighted by Gasteiger charge is -2.16. The molecule has 0 amide bonds. The Morgan fingerprint density at radius 2 is 2.12 bits per heavy atom. The summed E-state index contributed by atoms with van der Waals surface area (Å²) in [5.41, 5.74) is 11.4. The number of hydrogen-bond acceptors (Lipinski definition) is 5. The van der Waals surface area contributed by atoms with Gasteiger partial charge in [-0.15, -0.1) is 5.10 Å². The average Bonchev–Trinajstić information content (AvgIpc) is 2.97. The Labute approximate surface area is 148 Å². The number of nitrogens with two attached hydrogens (primary N) is 1. The van der Waals surface area contributed by atoms with Gasteiger partial charge in [-0.1, -0.05) is 18.7 Å². The molecule has 1 unspecified atom stereocenters. The van der Waals surface area contributed by atoms with Crippen molar-refractivity contribution in [3.05, 3.63) is 41.7 Å². The van der Waals surface area contributed by atoms with E-state index in [1.165, 1.54) is 5.57 Å². The van der Waals surface area contributed by atoms with Crippen LogP contribution in [-0.4, -0.2) is 27.9 Å². The minimum atomic E-state index is 0.260. The second-order valence-electron chi connectivity index (χ2n) is 6.42. The predicted molar refractivity (Wildman–Crippen MR) is 105 cm³/mol. The third-order valence-corrected chi connectivity index (χ3v) is 4.74. The summed E-state index contributed by atoms with van der Waals surface area (Å²) in [5, 5.41) is 11.2. The molecule has 0 aliphatic heterocycles. The average molecular weight is 338 g/mol. The van der Waals surface area contributed by atoms with Crippen LogP contribution in [0.4, 0.5) is 17.3 Å². The van der Waals surface area contributed by atoms with Crippen molar-refractivity contribution in [2.75, 3.05) is 17.7 Å². The van der Waals surface area contributed by atoms with Crippen molar-refractivity contribution in [2.45, 2.75) is 32.2 Å². The minimum absolute atomic E-state index is 0.260. The Morgan fingerprint density at radius 1 is 1.36 bits per heavy atom. The summed E-state index contributed by atoms with van der Waals surface area (Å²) in [5.74, 6) is 1.51. The van der Waals surface area contributed by atoms with Crippen LogP contribution in [0.2, 0.25) is 0 Å². The molecule has 0 fully saturated rings. The first kappa shape index (κ1) is 17.2. The summed E-state index contributed by atoms with van der Waals surface area (Å²) in [4.78, 5) is 4.68. The maximum absolute atomic E-state index is 5.96. The number of benzene rings is 1. The van der Waals surface area contributed by atoms with Gasteiger partial charge in [0.25, 0.3) is 0 Å². The van der Waals surface area contributed by atoms with Crippen LogP contribution in [-0.2, 0) is 7.05 Å². The van der Waals surface area contributed by atoms with E-state index in [1.807, 2.05) is 32.3 Å². The Bertz CT molecular complexity index is 818. The maximum Gasteiger partial charge on any atom is 0.225 e. The van der Waals surface area contributed by atoms with Crippen molar-refractivity contribution in [1.29, 1.82) is 0 Å². The molecule has 0 radical (unpaired) electrons. The lowest BCUT2D eigenvalue weighted by molar-refractivity contribution is 0.612. The van der Waals surface area contributed by atoms with E-state index >= 15 is 0 Å². The number of hydrogen-bond donors (Lipinski definition) is 3. The first-order valence-corrected chi connectivity index (χ1v) is 8.60. The van der Waals surface area contributed by atoms with Crippen LogP contribution >= 0.6 is 0 Å². The molecule has 1 aromatic carbocycles. The first-order valence-electron chi connectivity index (χ1n) is 8.60. The van der Waals surface area contributed by atoms with Crippen molar-refractivity contribution in [1.82, 2.24) is 14.8 Å². The van der Waals surface area contributed by atoms with Gasteiger partial charge in [-0.05, 0) is 49.5 Å². The maximum atomic E-state index is 5.96. The SMILES string of the molecule is C=Cc1c(NC)ccc(Nc2nc(C3=CCC(N)CC3)nn2C)c1C. The number of allylic oxidation sites excluding steroid dienone is 1. The normalized spacial score (nSPS) is 17.1. The van der Waals surface area contributed by atoms with Gasteiger partial charge in [-0.2, -0.15) is 4.98 Å². The topological polar surface area (TPSA) is 80.8 Å². The monoisotopic (exact) mass is 338 g/mol. The van der Waals surface area contributed by atoms with Crippen molar-refractivity contribution in [3.8, 4) is 0 Å². The smallest absolute Gasteiger partial charge is 0.225 e. The van der Waals surface area contributed by atoms with Crippen LogP contribution in [0.15, 0.2) is 24.8 Å².